The zero-order valence-electron chi connectivity index (χ0n) is 20.2. The lowest BCUT2D eigenvalue weighted by atomic mass is 10.0. The summed E-state index contributed by atoms with van der Waals surface area (Å²) < 4.78 is 6.80. The van der Waals surface area contributed by atoms with Crippen molar-refractivity contribution in [3.63, 3.8) is 0 Å². The minimum Gasteiger partial charge on any atom is -0.462 e. The minimum absolute atomic E-state index is 0.0388. The Morgan fingerprint density at radius 3 is 1.72 bits per heavy atom. The average molecular weight is 411 g/mol. The summed E-state index contributed by atoms with van der Waals surface area (Å²) in [5, 5.41) is 0. The van der Waals surface area contributed by atoms with Gasteiger partial charge >= 0.3 is 5.97 Å². The first-order chi connectivity index (χ1) is 14.0. The molecular formula is C26H52NO2+. The summed E-state index contributed by atoms with van der Waals surface area (Å²) in [6, 6.07) is 0. The molecule has 1 aliphatic heterocycles. The molecule has 0 amide bonds. The van der Waals surface area contributed by atoms with Gasteiger partial charge in [0, 0.05) is 19.3 Å². The Morgan fingerprint density at radius 2 is 1.21 bits per heavy atom. The largest absolute Gasteiger partial charge is 0.462 e. The van der Waals surface area contributed by atoms with E-state index in [0.29, 0.717) is 6.42 Å². The number of nitrogens with zero attached hydrogens (tertiary/aromatic N) is 1. The molecule has 1 atom stereocenters. The fraction of sp³-hybridized carbons (Fsp3) is 0.962. The Bertz CT molecular complexity index is 394. The monoisotopic (exact) mass is 410 g/mol. The number of unbranched alkanes of at least 4 members (excludes halogenated alkanes) is 14. The predicted octanol–water partition coefficient (Wildman–Crippen LogP) is 7.42. The quantitative estimate of drug-likeness (QED) is 0.142. The summed E-state index contributed by atoms with van der Waals surface area (Å²) in [5.41, 5.74) is 0. The number of hydrogen-bond donors (Lipinski definition) is 0. The van der Waals surface area contributed by atoms with Gasteiger partial charge in [0.2, 0.25) is 0 Å². The van der Waals surface area contributed by atoms with Crippen LogP contribution in [-0.4, -0.2) is 43.7 Å². The fourth-order valence-corrected chi connectivity index (χ4v) is 4.50. The standard InChI is InChI=1S/C26H52NO2/c1-4-5-6-7-8-9-10-11-12-13-14-15-16-17-18-21-26(28)29-25-20-19-23-27(2,3)24-22-25/h25H,4-24H2,1-3H3/q+1. The van der Waals surface area contributed by atoms with Crippen LogP contribution in [0.5, 0.6) is 0 Å². The van der Waals surface area contributed by atoms with E-state index in [1.807, 2.05) is 0 Å². The number of carbonyl (C=O) groups excluding carboxylic acids is 1. The van der Waals surface area contributed by atoms with Gasteiger partial charge in [-0.1, -0.05) is 96.8 Å². The van der Waals surface area contributed by atoms with Crippen LogP contribution in [0.25, 0.3) is 0 Å². The lowest BCUT2D eigenvalue weighted by Crippen LogP contribution is -2.40. The summed E-state index contributed by atoms with van der Waals surface area (Å²) in [4.78, 5) is 12.1. The molecule has 3 heteroatoms. The summed E-state index contributed by atoms with van der Waals surface area (Å²) in [7, 11) is 4.56. The lowest BCUT2D eigenvalue weighted by molar-refractivity contribution is -0.889. The summed E-state index contributed by atoms with van der Waals surface area (Å²) in [5.74, 6) is 0.0388. The van der Waals surface area contributed by atoms with E-state index in [-0.39, 0.29) is 12.1 Å². The number of hydrogen-bond acceptors (Lipinski definition) is 2. The van der Waals surface area contributed by atoms with Crippen LogP contribution >= 0.6 is 0 Å². The molecule has 0 radical (unpaired) electrons. The van der Waals surface area contributed by atoms with Crippen LogP contribution in [0.1, 0.15) is 129 Å². The van der Waals surface area contributed by atoms with E-state index < -0.39 is 0 Å². The van der Waals surface area contributed by atoms with Gasteiger partial charge in [-0.05, 0) is 12.8 Å². The van der Waals surface area contributed by atoms with Crippen molar-refractivity contribution in [2.45, 2.75) is 135 Å². The molecule has 1 fully saturated rings. The van der Waals surface area contributed by atoms with Crippen LogP contribution in [0, 0.1) is 0 Å². The van der Waals surface area contributed by atoms with Crippen molar-refractivity contribution in [1.29, 1.82) is 0 Å². The maximum Gasteiger partial charge on any atom is 0.306 e. The van der Waals surface area contributed by atoms with Gasteiger partial charge in [0.15, 0.2) is 0 Å². The van der Waals surface area contributed by atoms with Crippen LogP contribution in [0.3, 0.4) is 0 Å². The van der Waals surface area contributed by atoms with Crippen molar-refractivity contribution in [3.8, 4) is 0 Å². The molecule has 3 nitrogen and oxygen atoms in total. The fourth-order valence-electron chi connectivity index (χ4n) is 4.50. The third kappa shape index (κ3) is 15.9. The zero-order valence-corrected chi connectivity index (χ0v) is 20.2. The van der Waals surface area contributed by atoms with Crippen LogP contribution < -0.4 is 0 Å². The zero-order chi connectivity index (χ0) is 21.2. The first-order valence-electron chi connectivity index (χ1n) is 13.0. The van der Waals surface area contributed by atoms with E-state index in [4.69, 9.17) is 4.74 Å². The van der Waals surface area contributed by atoms with Crippen molar-refractivity contribution in [2.24, 2.45) is 0 Å². The molecule has 29 heavy (non-hydrogen) atoms. The number of quaternary nitrogens is 1. The Kier molecular flexibility index (Phi) is 15.6. The highest BCUT2D eigenvalue weighted by atomic mass is 16.5. The van der Waals surface area contributed by atoms with Gasteiger partial charge in [-0.25, -0.2) is 0 Å². The highest BCUT2D eigenvalue weighted by Crippen LogP contribution is 2.18. The second kappa shape index (κ2) is 17.1. The molecule has 172 valence electrons. The second-order valence-electron chi connectivity index (χ2n) is 10.1. The molecule has 0 bridgehead atoms. The van der Waals surface area contributed by atoms with Gasteiger partial charge in [-0.15, -0.1) is 0 Å². The molecule has 0 spiro atoms. The molecule has 0 N–H and O–H groups in total. The van der Waals surface area contributed by atoms with Crippen LogP contribution in [0.2, 0.25) is 0 Å². The topological polar surface area (TPSA) is 26.3 Å². The first kappa shape index (κ1) is 26.5. The number of esters is 1. The van der Waals surface area contributed by atoms with Gasteiger partial charge in [0.1, 0.15) is 6.10 Å². The molecule has 1 rings (SSSR count). The molecule has 1 unspecified atom stereocenters. The average Bonchev–Trinajstić information content (AvgIpc) is 2.85. The van der Waals surface area contributed by atoms with Crippen molar-refractivity contribution in [2.75, 3.05) is 27.2 Å². The highest BCUT2D eigenvalue weighted by Gasteiger charge is 2.25. The van der Waals surface area contributed by atoms with Crippen molar-refractivity contribution < 1.29 is 14.0 Å². The summed E-state index contributed by atoms with van der Waals surface area (Å²) in [6.07, 6.45) is 24.4. The third-order valence-corrected chi connectivity index (χ3v) is 6.63. The van der Waals surface area contributed by atoms with Crippen molar-refractivity contribution in [1.82, 2.24) is 0 Å². The molecule has 0 aromatic heterocycles. The van der Waals surface area contributed by atoms with E-state index in [1.165, 1.54) is 103 Å². The van der Waals surface area contributed by atoms with E-state index >= 15 is 0 Å². The maximum atomic E-state index is 12.1. The third-order valence-electron chi connectivity index (χ3n) is 6.63. The Morgan fingerprint density at radius 1 is 0.724 bits per heavy atom. The molecular weight excluding hydrogens is 358 g/mol. The van der Waals surface area contributed by atoms with E-state index in [9.17, 15) is 4.79 Å². The normalized spacial score (nSPS) is 19.1. The predicted molar refractivity (Wildman–Crippen MR) is 125 cm³/mol. The SMILES string of the molecule is CCCCCCCCCCCCCCCCCC(=O)OC1CCC[N+](C)(C)CC1. The molecule has 1 saturated heterocycles. The van der Waals surface area contributed by atoms with Crippen molar-refractivity contribution >= 4 is 5.97 Å². The molecule has 0 aromatic carbocycles. The Hall–Kier alpha value is -0.570. The number of rotatable bonds is 17. The van der Waals surface area contributed by atoms with Gasteiger partial charge in [-0.2, -0.15) is 0 Å². The minimum atomic E-state index is 0.0388. The van der Waals surface area contributed by atoms with Gasteiger partial charge in [0.25, 0.3) is 0 Å². The lowest BCUT2D eigenvalue weighted by Gasteiger charge is -2.27. The second-order valence-corrected chi connectivity index (χ2v) is 10.1. The van der Waals surface area contributed by atoms with Gasteiger partial charge in [-0.3, -0.25) is 4.79 Å². The van der Waals surface area contributed by atoms with Crippen LogP contribution in [0.15, 0.2) is 0 Å². The smallest absolute Gasteiger partial charge is 0.306 e. The summed E-state index contributed by atoms with van der Waals surface area (Å²) in [6.45, 7) is 4.61. The van der Waals surface area contributed by atoms with Crippen molar-refractivity contribution in [3.05, 3.63) is 0 Å². The molecule has 1 heterocycles. The first-order valence-corrected chi connectivity index (χ1v) is 13.0. The van der Waals surface area contributed by atoms with Gasteiger partial charge < -0.3 is 9.22 Å². The summed E-state index contributed by atoms with van der Waals surface area (Å²) >= 11 is 0. The van der Waals surface area contributed by atoms with Crippen LogP contribution in [-0.2, 0) is 9.53 Å². The number of likely N-dealkylation sites (tertiary alicyclic amines) is 1. The van der Waals surface area contributed by atoms with E-state index in [0.717, 1.165) is 30.3 Å². The molecule has 1 aliphatic rings. The molecule has 0 aliphatic carbocycles. The van der Waals surface area contributed by atoms with Gasteiger partial charge in [0.05, 0.1) is 27.2 Å². The Labute approximate surface area is 182 Å². The highest BCUT2D eigenvalue weighted by molar-refractivity contribution is 5.69. The molecule has 0 aromatic rings. The number of carbonyl (C=O) groups is 1. The number of ether oxygens (including phenoxy) is 1. The van der Waals surface area contributed by atoms with E-state index in [1.54, 1.807) is 0 Å². The Balaban J connectivity index is 1.83. The maximum absolute atomic E-state index is 12.1. The molecule has 0 saturated carbocycles. The van der Waals surface area contributed by atoms with E-state index in [2.05, 4.69) is 21.0 Å². The van der Waals surface area contributed by atoms with Crippen LogP contribution in [0.4, 0.5) is 0 Å².